The van der Waals surface area contributed by atoms with Crippen LogP contribution in [0.5, 0.6) is 0 Å². The van der Waals surface area contributed by atoms with E-state index in [1.807, 2.05) is 36.4 Å². The number of H-pyrrole nitrogens is 1. The molecule has 2 heterocycles. The highest BCUT2D eigenvalue weighted by Gasteiger charge is 2.20. The number of carbonyl (C=O) groups is 1. The summed E-state index contributed by atoms with van der Waals surface area (Å²) in [6.07, 6.45) is 4.93. The van der Waals surface area contributed by atoms with Crippen molar-refractivity contribution in [1.29, 1.82) is 0 Å². The maximum Gasteiger partial charge on any atom is 0.290 e. The number of aromatic nitrogens is 2. The fourth-order valence-electron chi connectivity index (χ4n) is 2.17. The standard InChI is InChI=1S/C16H15N3O2/c1-19(11-14-17-8-9-18-14)16(20)15-13(7-10-21-15)12-5-3-2-4-6-12/h2-10H,11H2,1H3,(H,17,18). The zero-order valence-electron chi connectivity index (χ0n) is 11.6. The zero-order valence-corrected chi connectivity index (χ0v) is 11.6. The molecule has 0 aliphatic rings. The van der Waals surface area contributed by atoms with E-state index in [1.54, 1.807) is 24.3 Å². The number of nitrogens with zero attached hydrogens (tertiary/aromatic N) is 2. The van der Waals surface area contributed by atoms with Gasteiger partial charge >= 0.3 is 0 Å². The predicted octanol–water partition coefficient (Wildman–Crippen LogP) is 2.94. The summed E-state index contributed by atoms with van der Waals surface area (Å²) in [5.41, 5.74) is 1.76. The van der Waals surface area contributed by atoms with Gasteiger partial charge in [0.05, 0.1) is 12.8 Å². The lowest BCUT2D eigenvalue weighted by molar-refractivity contribution is 0.0751. The van der Waals surface area contributed by atoms with Gasteiger partial charge in [0.25, 0.3) is 5.91 Å². The van der Waals surface area contributed by atoms with Gasteiger partial charge in [-0.25, -0.2) is 4.98 Å². The minimum absolute atomic E-state index is 0.171. The third kappa shape index (κ3) is 2.72. The topological polar surface area (TPSA) is 62.1 Å². The number of amides is 1. The lowest BCUT2D eigenvalue weighted by Gasteiger charge is -2.15. The molecule has 0 fully saturated rings. The van der Waals surface area contributed by atoms with Gasteiger partial charge < -0.3 is 14.3 Å². The van der Waals surface area contributed by atoms with Crippen molar-refractivity contribution in [1.82, 2.24) is 14.9 Å². The van der Waals surface area contributed by atoms with E-state index >= 15 is 0 Å². The van der Waals surface area contributed by atoms with E-state index in [0.29, 0.717) is 12.3 Å². The number of hydrogen-bond donors (Lipinski definition) is 1. The molecule has 106 valence electrons. The first-order valence-corrected chi connectivity index (χ1v) is 6.62. The van der Waals surface area contributed by atoms with E-state index in [4.69, 9.17) is 4.42 Å². The molecule has 2 aromatic heterocycles. The molecule has 0 saturated heterocycles. The molecule has 3 rings (SSSR count). The van der Waals surface area contributed by atoms with Crippen molar-refractivity contribution in [2.45, 2.75) is 6.54 Å². The summed E-state index contributed by atoms with van der Waals surface area (Å²) >= 11 is 0. The number of carbonyl (C=O) groups excluding carboxylic acids is 1. The number of imidazole rings is 1. The van der Waals surface area contributed by atoms with Crippen LogP contribution in [0, 0.1) is 0 Å². The van der Waals surface area contributed by atoms with E-state index in [9.17, 15) is 4.79 Å². The molecule has 0 aliphatic heterocycles. The summed E-state index contributed by atoms with van der Waals surface area (Å²) in [5.74, 6) is 0.907. The van der Waals surface area contributed by atoms with Crippen LogP contribution >= 0.6 is 0 Å². The third-order valence-corrected chi connectivity index (χ3v) is 3.23. The summed E-state index contributed by atoms with van der Waals surface area (Å²) in [6, 6.07) is 11.5. The minimum atomic E-state index is -0.171. The van der Waals surface area contributed by atoms with Crippen molar-refractivity contribution < 1.29 is 9.21 Å². The highest BCUT2D eigenvalue weighted by molar-refractivity contribution is 5.98. The molecule has 0 spiro atoms. The summed E-state index contributed by atoms with van der Waals surface area (Å²) < 4.78 is 5.40. The van der Waals surface area contributed by atoms with Crippen LogP contribution in [-0.2, 0) is 6.54 Å². The normalized spacial score (nSPS) is 10.5. The Hall–Kier alpha value is -2.82. The minimum Gasteiger partial charge on any atom is -0.459 e. The molecule has 0 radical (unpaired) electrons. The average molecular weight is 281 g/mol. The molecular formula is C16H15N3O2. The highest BCUT2D eigenvalue weighted by Crippen LogP contribution is 2.25. The molecule has 0 aliphatic carbocycles. The Morgan fingerprint density at radius 3 is 2.81 bits per heavy atom. The third-order valence-electron chi connectivity index (χ3n) is 3.23. The number of rotatable bonds is 4. The molecule has 5 nitrogen and oxygen atoms in total. The predicted molar refractivity (Wildman–Crippen MR) is 78.5 cm³/mol. The number of benzene rings is 1. The second kappa shape index (κ2) is 5.66. The van der Waals surface area contributed by atoms with Crippen molar-refractivity contribution >= 4 is 5.91 Å². The summed E-state index contributed by atoms with van der Waals surface area (Å²) in [5, 5.41) is 0. The van der Waals surface area contributed by atoms with Gasteiger partial charge in [0.2, 0.25) is 0 Å². The summed E-state index contributed by atoms with van der Waals surface area (Å²) in [6.45, 7) is 0.404. The van der Waals surface area contributed by atoms with Crippen LogP contribution in [0.2, 0.25) is 0 Å². The molecule has 1 N–H and O–H groups in total. The number of nitrogens with one attached hydrogen (secondary N) is 1. The Kier molecular flexibility index (Phi) is 3.55. The number of aromatic amines is 1. The van der Waals surface area contributed by atoms with Crippen molar-refractivity contribution in [3.8, 4) is 11.1 Å². The molecular weight excluding hydrogens is 266 g/mol. The van der Waals surface area contributed by atoms with Gasteiger partial charge in [-0.05, 0) is 11.6 Å². The first-order valence-electron chi connectivity index (χ1n) is 6.62. The average Bonchev–Trinajstić information content (AvgIpc) is 3.18. The maximum absolute atomic E-state index is 12.5. The van der Waals surface area contributed by atoms with Crippen LogP contribution in [0.1, 0.15) is 16.4 Å². The molecule has 0 saturated carbocycles. The van der Waals surface area contributed by atoms with Crippen LogP contribution in [0.4, 0.5) is 0 Å². The Bertz CT molecular complexity index is 717. The van der Waals surface area contributed by atoms with Crippen molar-refractivity contribution in [3.05, 3.63) is 66.6 Å². The van der Waals surface area contributed by atoms with Crippen molar-refractivity contribution in [3.63, 3.8) is 0 Å². The van der Waals surface area contributed by atoms with E-state index in [-0.39, 0.29) is 5.91 Å². The molecule has 0 atom stereocenters. The van der Waals surface area contributed by atoms with Gasteiger partial charge in [-0.1, -0.05) is 30.3 Å². The lowest BCUT2D eigenvalue weighted by atomic mass is 10.1. The number of hydrogen-bond acceptors (Lipinski definition) is 3. The van der Waals surface area contributed by atoms with Crippen LogP contribution in [0.3, 0.4) is 0 Å². The summed E-state index contributed by atoms with van der Waals surface area (Å²) in [7, 11) is 1.72. The summed E-state index contributed by atoms with van der Waals surface area (Å²) in [4.78, 5) is 21.2. The fraction of sp³-hybridized carbons (Fsp3) is 0.125. The lowest BCUT2D eigenvalue weighted by Crippen LogP contribution is -2.26. The SMILES string of the molecule is CN(Cc1ncc[nH]1)C(=O)c1occc1-c1ccccc1. The van der Waals surface area contributed by atoms with Crippen LogP contribution < -0.4 is 0 Å². The molecule has 1 amide bonds. The monoisotopic (exact) mass is 281 g/mol. The van der Waals surface area contributed by atoms with E-state index in [1.165, 1.54) is 6.26 Å². The van der Waals surface area contributed by atoms with Gasteiger partial charge in [-0.3, -0.25) is 4.79 Å². The van der Waals surface area contributed by atoms with Gasteiger partial charge in [-0.2, -0.15) is 0 Å². The Labute approximate surface area is 122 Å². The van der Waals surface area contributed by atoms with Gasteiger partial charge in [0.15, 0.2) is 5.76 Å². The molecule has 3 aromatic rings. The zero-order chi connectivity index (χ0) is 14.7. The van der Waals surface area contributed by atoms with Crippen LogP contribution in [0.25, 0.3) is 11.1 Å². The van der Waals surface area contributed by atoms with E-state index in [2.05, 4.69) is 9.97 Å². The van der Waals surface area contributed by atoms with Gasteiger partial charge in [-0.15, -0.1) is 0 Å². The molecule has 21 heavy (non-hydrogen) atoms. The van der Waals surface area contributed by atoms with Gasteiger partial charge in [0, 0.05) is 25.0 Å². The Morgan fingerprint density at radius 1 is 1.29 bits per heavy atom. The molecule has 0 unspecified atom stereocenters. The second-order valence-corrected chi connectivity index (χ2v) is 4.73. The molecule has 0 bridgehead atoms. The smallest absolute Gasteiger partial charge is 0.290 e. The van der Waals surface area contributed by atoms with E-state index < -0.39 is 0 Å². The van der Waals surface area contributed by atoms with Crippen molar-refractivity contribution in [2.75, 3.05) is 7.05 Å². The van der Waals surface area contributed by atoms with E-state index in [0.717, 1.165) is 17.0 Å². The van der Waals surface area contributed by atoms with Crippen LogP contribution in [-0.4, -0.2) is 27.8 Å². The number of furan rings is 1. The fourth-order valence-corrected chi connectivity index (χ4v) is 2.17. The Morgan fingerprint density at radius 2 is 2.10 bits per heavy atom. The first-order chi connectivity index (χ1) is 10.3. The molecule has 1 aromatic carbocycles. The van der Waals surface area contributed by atoms with Crippen LogP contribution in [0.15, 0.2) is 59.5 Å². The highest BCUT2D eigenvalue weighted by atomic mass is 16.3. The quantitative estimate of drug-likeness (QED) is 0.799. The van der Waals surface area contributed by atoms with Gasteiger partial charge in [0.1, 0.15) is 5.82 Å². The Balaban J connectivity index is 1.84. The largest absolute Gasteiger partial charge is 0.459 e. The molecule has 5 heteroatoms. The first kappa shape index (κ1) is 13.2. The van der Waals surface area contributed by atoms with Crippen molar-refractivity contribution in [2.24, 2.45) is 0 Å². The second-order valence-electron chi connectivity index (χ2n) is 4.73. The maximum atomic E-state index is 12.5.